The van der Waals surface area contributed by atoms with Crippen molar-refractivity contribution in [3.63, 3.8) is 0 Å². The summed E-state index contributed by atoms with van der Waals surface area (Å²) >= 11 is 11.5. The summed E-state index contributed by atoms with van der Waals surface area (Å²) in [6, 6.07) is 9.92. The maximum atomic E-state index is 13.4. The number of aromatic hydroxyl groups is 1. The molecule has 2 nitrogen and oxygen atoms in total. The van der Waals surface area contributed by atoms with Crippen LogP contribution in [0.4, 0.5) is 10.1 Å². The number of benzene rings is 2. The van der Waals surface area contributed by atoms with Gasteiger partial charge in [0.2, 0.25) is 0 Å². The quantitative estimate of drug-likeness (QED) is 0.740. The van der Waals surface area contributed by atoms with E-state index in [1.807, 2.05) is 19.1 Å². The largest absolute Gasteiger partial charge is 0.508 e. The minimum atomic E-state index is -0.630. The molecule has 2 aromatic carbocycles. The predicted molar refractivity (Wildman–Crippen MR) is 81.2 cm³/mol. The van der Waals surface area contributed by atoms with E-state index in [0.717, 1.165) is 12.0 Å². The second-order valence-electron chi connectivity index (χ2n) is 4.42. The van der Waals surface area contributed by atoms with Crippen LogP contribution >= 0.6 is 23.2 Å². The molecule has 0 aliphatic rings. The third kappa shape index (κ3) is 3.17. The topological polar surface area (TPSA) is 32.3 Å². The summed E-state index contributed by atoms with van der Waals surface area (Å²) in [4.78, 5) is 0. The number of phenolic OH excluding ortho intramolecular Hbond substituents is 1. The Labute approximate surface area is 127 Å². The van der Waals surface area contributed by atoms with Crippen molar-refractivity contribution in [2.75, 3.05) is 5.32 Å². The predicted octanol–water partition coefficient (Wildman–Crippen LogP) is 5.40. The van der Waals surface area contributed by atoms with Crippen LogP contribution in [-0.4, -0.2) is 5.11 Å². The summed E-state index contributed by atoms with van der Waals surface area (Å²) in [5.74, 6) is -0.416. The molecule has 0 fully saturated rings. The fourth-order valence-corrected chi connectivity index (χ4v) is 2.51. The Kier molecular flexibility index (Phi) is 4.73. The summed E-state index contributed by atoms with van der Waals surface area (Å²) in [7, 11) is 0. The van der Waals surface area contributed by atoms with Crippen molar-refractivity contribution in [1.29, 1.82) is 0 Å². The summed E-state index contributed by atoms with van der Waals surface area (Å²) in [5.41, 5.74) is 1.38. The van der Waals surface area contributed by atoms with E-state index in [0.29, 0.717) is 5.69 Å². The molecule has 1 atom stereocenters. The van der Waals surface area contributed by atoms with E-state index in [4.69, 9.17) is 23.2 Å². The van der Waals surface area contributed by atoms with E-state index >= 15 is 0 Å². The zero-order valence-electron chi connectivity index (χ0n) is 10.8. The minimum absolute atomic E-state index is 0.0351. The zero-order valence-corrected chi connectivity index (χ0v) is 12.3. The Morgan fingerprint density at radius 3 is 2.35 bits per heavy atom. The maximum absolute atomic E-state index is 13.4. The first-order chi connectivity index (χ1) is 9.52. The van der Waals surface area contributed by atoms with Crippen molar-refractivity contribution in [2.24, 2.45) is 0 Å². The van der Waals surface area contributed by atoms with Crippen molar-refractivity contribution in [1.82, 2.24) is 0 Å². The first kappa shape index (κ1) is 14.9. The van der Waals surface area contributed by atoms with Gasteiger partial charge in [-0.1, -0.05) is 48.3 Å². The van der Waals surface area contributed by atoms with Crippen molar-refractivity contribution < 1.29 is 9.50 Å². The zero-order chi connectivity index (χ0) is 14.7. The molecule has 0 aromatic heterocycles. The average Bonchev–Trinajstić information content (AvgIpc) is 2.43. The summed E-state index contributed by atoms with van der Waals surface area (Å²) in [6.07, 6.45) is 0.740. The van der Waals surface area contributed by atoms with E-state index < -0.39 is 5.82 Å². The number of hydrogen-bond acceptors (Lipinski definition) is 2. The molecule has 5 heteroatoms. The molecular formula is C15H14Cl2FNO. The molecular weight excluding hydrogens is 300 g/mol. The lowest BCUT2D eigenvalue weighted by atomic mass is 10.0. The lowest BCUT2D eigenvalue weighted by Crippen LogP contribution is -2.10. The molecule has 0 saturated carbocycles. The Hall–Kier alpha value is -1.45. The number of nitrogens with one attached hydrogen (secondary N) is 1. The first-order valence-electron chi connectivity index (χ1n) is 6.22. The van der Waals surface area contributed by atoms with E-state index in [1.165, 1.54) is 12.1 Å². The molecule has 0 aliphatic carbocycles. The second kappa shape index (κ2) is 6.33. The number of para-hydroxylation sites is 1. The van der Waals surface area contributed by atoms with Crippen LogP contribution in [-0.2, 0) is 0 Å². The van der Waals surface area contributed by atoms with Crippen LogP contribution in [0.25, 0.3) is 0 Å². The highest BCUT2D eigenvalue weighted by molar-refractivity contribution is 6.35. The fraction of sp³-hybridized carbons (Fsp3) is 0.200. The van der Waals surface area contributed by atoms with Gasteiger partial charge in [-0.15, -0.1) is 0 Å². The van der Waals surface area contributed by atoms with Crippen LogP contribution in [0, 0.1) is 5.82 Å². The van der Waals surface area contributed by atoms with Gasteiger partial charge in [0.15, 0.2) is 5.82 Å². The van der Waals surface area contributed by atoms with Gasteiger partial charge < -0.3 is 10.4 Å². The summed E-state index contributed by atoms with van der Waals surface area (Å²) in [5, 5.41) is 13.0. The lowest BCUT2D eigenvalue weighted by Gasteiger charge is -2.20. The molecule has 0 heterocycles. The van der Waals surface area contributed by atoms with Crippen molar-refractivity contribution >= 4 is 28.9 Å². The van der Waals surface area contributed by atoms with Gasteiger partial charge in [0, 0.05) is 11.3 Å². The number of phenols is 1. The molecule has 0 spiro atoms. The van der Waals surface area contributed by atoms with E-state index in [9.17, 15) is 9.50 Å². The molecule has 20 heavy (non-hydrogen) atoms. The molecule has 0 aliphatic heterocycles. The SMILES string of the molecule is CCC(Nc1cc(Cl)c(F)c(Cl)c1)c1ccccc1O. The van der Waals surface area contributed by atoms with Crippen LogP contribution in [0.3, 0.4) is 0 Å². The number of hydrogen-bond donors (Lipinski definition) is 2. The highest BCUT2D eigenvalue weighted by atomic mass is 35.5. The van der Waals surface area contributed by atoms with Gasteiger partial charge in [-0.25, -0.2) is 4.39 Å². The Morgan fingerprint density at radius 1 is 1.20 bits per heavy atom. The Balaban J connectivity index is 2.30. The van der Waals surface area contributed by atoms with Crippen LogP contribution in [0.15, 0.2) is 36.4 Å². The van der Waals surface area contributed by atoms with Gasteiger partial charge in [-0.05, 0) is 24.6 Å². The molecule has 0 saturated heterocycles. The van der Waals surface area contributed by atoms with E-state index in [1.54, 1.807) is 12.1 Å². The molecule has 1 unspecified atom stereocenters. The molecule has 0 bridgehead atoms. The molecule has 0 radical (unpaired) electrons. The van der Waals surface area contributed by atoms with Crippen LogP contribution in [0.2, 0.25) is 10.0 Å². The van der Waals surface area contributed by atoms with Crippen molar-refractivity contribution in [2.45, 2.75) is 19.4 Å². The molecule has 0 amide bonds. The molecule has 2 rings (SSSR count). The van der Waals surface area contributed by atoms with Crippen LogP contribution < -0.4 is 5.32 Å². The van der Waals surface area contributed by atoms with Gasteiger partial charge in [0.05, 0.1) is 16.1 Å². The maximum Gasteiger partial charge on any atom is 0.160 e. The van der Waals surface area contributed by atoms with Gasteiger partial charge >= 0.3 is 0 Å². The third-order valence-electron chi connectivity index (χ3n) is 3.05. The van der Waals surface area contributed by atoms with Crippen LogP contribution in [0.5, 0.6) is 5.75 Å². The Morgan fingerprint density at radius 2 is 1.80 bits per heavy atom. The Bertz CT molecular complexity index is 596. The average molecular weight is 314 g/mol. The standard InChI is InChI=1S/C15H14Cl2FNO/c1-2-13(10-5-3-4-6-14(10)20)19-9-7-11(16)15(18)12(17)8-9/h3-8,13,19-20H,2H2,1H3. The summed E-state index contributed by atoms with van der Waals surface area (Å²) in [6.45, 7) is 1.98. The van der Waals surface area contributed by atoms with E-state index in [-0.39, 0.29) is 21.8 Å². The second-order valence-corrected chi connectivity index (χ2v) is 5.23. The monoisotopic (exact) mass is 313 g/mol. The molecule has 106 valence electrons. The minimum Gasteiger partial charge on any atom is -0.508 e. The highest BCUT2D eigenvalue weighted by Crippen LogP contribution is 2.32. The van der Waals surface area contributed by atoms with E-state index in [2.05, 4.69) is 5.32 Å². The van der Waals surface area contributed by atoms with Crippen molar-refractivity contribution in [3.8, 4) is 5.75 Å². The smallest absolute Gasteiger partial charge is 0.160 e. The first-order valence-corrected chi connectivity index (χ1v) is 6.97. The normalized spacial score (nSPS) is 12.2. The number of rotatable bonds is 4. The van der Waals surface area contributed by atoms with Gasteiger partial charge in [-0.3, -0.25) is 0 Å². The van der Waals surface area contributed by atoms with Gasteiger partial charge in [0.1, 0.15) is 5.75 Å². The fourth-order valence-electron chi connectivity index (χ4n) is 2.02. The van der Waals surface area contributed by atoms with Crippen molar-refractivity contribution in [3.05, 3.63) is 57.8 Å². The summed E-state index contributed by atoms with van der Waals surface area (Å²) < 4.78 is 13.4. The molecule has 2 aromatic rings. The van der Waals surface area contributed by atoms with Gasteiger partial charge in [0.25, 0.3) is 0 Å². The van der Waals surface area contributed by atoms with Crippen LogP contribution in [0.1, 0.15) is 24.9 Å². The molecule has 2 N–H and O–H groups in total. The number of anilines is 1. The lowest BCUT2D eigenvalue weighted by molar-refractivity contribution is 0.463. The highest BCUT2D eigenvalue weighted by Gasteiger charge is 2.15. The number of halogens is 3. The third-order valence-corrected chi connectivity index (χ3v) is 3.60. The van der Waals surface area contributed by atoms with Gasteiger partial charge in [-0.2, -0.15) is 0 Å².